The van der Waals surface area contributed by atoms with Gasteiger partial charge in [-0.3, -0.25) is 14.4 Å². The van der Waals surface area contributed by atoms with Gasteiger partial charge in [0, 0.05) is 25.7 Å². The Morgan fingerprint density at radius 1 is 0.912 bits per heavy atom. The highest BCUT2D eigenvalue weighted by Gasteiger charge is 2.23. The van der Waals surface area contributed by atoms with E-state index in [2.05, 4.69) is 27.1 Å². The van der Waals surface area contributed by atoms with Crippen LogP contribution >= 0.6 is 12.4 Å². The van der Waals surface area contributed by atoms with Crippen molar-refractivity contribution < 1.29 is 17.6 Å². The first kappa shape index (κ1) is 25.7. The Morgan fingerprint density at radius 3 is 2.21 bits per heavy atom. The molecule has 1 saturated heterocycles. The number of sulfonamides is 1. The summed E-state index contributed by atoms with van der Waals surface area (Å²) < 4.78 is 41.0. The van der Waals surface area contributed by atoms with E-state index in [9.17, 15) is 17.6 Å². The summed E-state index contributed by atoms with van der Waals surface area (Å²) in [6.07, 6.45) is 1.64. The summed E-state index contributed by atoms with van der Waals surface area (Å²) in [7, 11) is -3.96. The topological polar surface area (TPSA) is 78.5 Å². The fourth-order valence-corrected chi connectivity index (χ4v) is 5.01. The van der Waals surface area contributed by atoms with E-state index in [1.165, 1.54) is 17.7 Å². The molecule has 3 aromatic rings. The van der Waals surface area contributed by atoms with Gasteiger partial charge in [0.25, 0.3) is 15.9 Å². The molecular weight excluding hydrogens is 477 g/mol. The number of para-hydroxylation sites is 1. The number of nitrogens with zero attached hydrogens (tertiary/aromatic N) is 1. The third-order valence-corrected chi connectivity index (χ3v) is 7.09. The number of nitrogens with one attached hydrogen (secondary N) is 2. The van der Waals surface area contributed by atoms with Crippen LogP contribution in [0.15, 0.2) is 83.8 Å². The SMILES string of the molecule is Cl.O=C(NC1CCN(Cc2ccccc2)CC1)c1ccccc1NS(=O)(=O)c1ccc(F)cc1. The van der Waals surface area contributed by atoms with E-state index in [0.717, 1.165) is 44.6 Å². The van der Waals surface area contributed by atoms with Crippen molar-refractivity contribution in [1.29, 1.82) is 0 Å². The van der Waals surface area contributed by atoms with Crippen molar-refractivity contribution in [3.05, 3.63) is 95.8 Å². The van der Waals surface area contributed by atoms with E-state index < -0.39 is 15.8 Å². The summed E-state index contributed by atoms with van der Waals surface area (Å²) in [5, 5.41) is 3.04. The molecule has 0 aromatic heterocycles. The van der Waals surface area contributed by atoms with Gasteiger partial charge in [0.15, 0.2) is 0 Å². The minimum atomic E-state index is -3.96. The Kier molecular flexibility index (Phi) is 8.66. The molecule has 0 radical (unpaired) electrons. The average molecular weight is 504 g/mol. The lowest BCUT2D eigenvalue weighted by Gasteiger charge is -2.32. The van der Waals surface area contributed by atoms with E-state index in [4.69, 9.17) is 0 Å². The number of anilines is 1. The maximum atomic E-state index is 13.2. The maximum Gasteiger partial charge on any atom is 0.261 e. The molecule has 1 aliphatic rings. The lowest BCUT2D eigenvalue weighted by molar-refractivity contribution is 0.0910. The monoisotopic (exact) mass is 503 g/mol. The molecule has 3 aromatic carbocycles. The van der Waals surface area contributed by atoms with Crippen LogP contribution in [0.3, 0.4) is 0 Å². The maximum absolute atomic E-state index is 13.2. The average Bonchev–Trinajstić information content (AvgIpc) is 2.81. The molecule has 180 valence electrons. The van der Waals surface area contributed by atoms with E-state index in [-0.39, 0.29) is 40.5 Å². The van der Waals surface area contributed by atoms with Gasteiger partial charge < -0.3 is 5.32 Å². The molecule has 34 heavy (non-hydrogen) atoms. The normalized spacial score (nSPS) is 14.7. The molecule has 0 saturated carbocycles. The quantitative estimate of drug-likeness (QED) is 0.499. The Morgan fingerprint density at radius 2 is 1.53 bits per heavy atom. The number of piperidine rings is 1. The smallest absolute Gasteiger partial charge is 0.261 e. The summed E-state index contributed by atoms with van der Waals surface area (Å²) >= 11 is 0. The molecule has 2 N–H and O–H groups in total. The van der Waals surface area contributed by atoms with Crippen LogP contribution in [0.2, 0.25) is 0 Å². The zero-order valence-electron chi connectivity index (χ0n) is 18.5. The van der Waals surface area contributed by atoms with Gasteiger partial charge >= 0.3 is 0 Å². The van der Waals surface area contributed by atoms with Gasteiger partial charge in [-0.05, 0) is 54.8 Å². The lowest BCUT2D eigenvalue weighted by atomic mass is 10.0. The molecule has 0 atom stereocenters. The zero-order valence-corrected chi connectivity index (χ0v) is 20.1. The molecule has 1 amide bonds. The summed E-state index contributed by atoms with van der Waals surface area (Å²) in [6, 6.07) is 21.3. The number of carbonyl (C=O) groups is 1. The number of carbonyl (C=O) groups excluding carboxylic acids is 1. The number of hydrogen-bond acceptors (Lipinski definition) is 4. The fourth-order valence-electron chi connectivity index (χ4n) is 3.93. The number of likely N-dealkylation sites (tertiary alicyclic amines) is 1. The highest BCUT2D eigenvalue weighted by atomic mass is 35.5. The number of halogens is 2. The van der Waals surface area contributed by atoms with Gasteiger partial charge in [-0.25, -0.2) is 12.8 Å². The highest BCUT2D eigenvalue weighted by Crippen LogP contribution is 2.21. The largest absolute Gasteiger partial charge is 0.349 e. The third-order valence-electron chi connectivity index (χ3n) is 5.71. The first-order valence-electron chi connectivity index (χ1n) is 10.9. The van der Waals surface area contributed by atoms with Crippen molar-refractivity contribution in [3.63, 3.8) is 0 Å². The van der Waals surface area contributed by atoms with E-state index in [1.54, 1.807) is 24.3 Å². The van der Waals surface area contributed by atoms with Crippen LogP contribution in [-0.2, 0) is 16.6 Å². The number of rotatable bonds is 7. The van der Waals surface area contributed by atoms with Crippen LogP contribution < -0.4 is 10.0 Å². The molecule has 0 unspecified atom stereocenters. The summed E-state index contributed by atoms with van der Waals surface area (Å²) in [5.41, 5.74) is 1.69. The summed E-state index contributed by atoms with van der Waals surface area (Å²) in [6.45, 7) is 2.63. The van der Waals surface area contributed by atoms with Gasteiger partial charge in [0.2, 0.25) is 0 Å². The van der Waals surface area contributed by atoms with Crippen LogP contribution in [0.5, 0.6) is 0 Å². The van der Waals surface area contributed by atoms with Gasteiger partial charge in [0.1, 0.15) is 5.82 Å². The predicted octanol–water partition coefficient (Wildman–Crippen LogP) is 4.44. The van der Waals surface area contributed by atoms with Crippen molar-refractivity contribution in [2.24, 2.45) is 0 Å². The van der Waals surface area contributed by atoms with Gasteiger partial charge in [-0.15, -0.1) is 12.4 Å². The number of hydrogen-bond donors (Lipinski definition) is 2. The number of benzene rings is 3. The van der Waals surface area contributed by atoms with Crippen LogP contribution in [-0.4, -0.2) is 38.4 Å². The number of amides is 1. The van der Waals surface area contributed by atoms with E-state index in [0.29, 0.717) is 0 Å². The van der Waals surface area contributed by atoms with Crippen molar-refractivity contribution in [2.75, 3.05) is 17.8 Å². The molecule has 0 aliphatic carbocycles. The Balaban J connectivity index is 0.00000324. The Hall–Kier alpha value is -2.94. The molecule has 1 aliphatic heterocycles. The molecular formula is C25H27ClFN3O3S. The fraction of sp³-hybridized carbons (Fsp3) is 0.240. The first-order chi connectivity index (χ1) is 15.9. The standard InChI is InChI=1S/C25H26FN3O3S.ClH/c26-20-10-12-22(13-11-20)33(31,32)28-24-9-5-4-8-23(24)25(30)27-21-14-16-29(17-15-21)18-19-6-2-1-3-7-19;/h1-13,21,28H,14-18H2,(H,27,30);1H. The summed E-state index contributed by atoms with van der Waals surface area (Å²) in [4.78, 5) is 15.2. The second kappa shape index (κ2) is 11.5. The third kappa shape index (κ3) is 6.56. The highest BCUT2D eigenvalue weighted by molar-refractivity contribution is 7.92. The van der Waals surface area contributed by atoms with Crippen LogP contribution in [0.1, 0.15) is 28.8 Å². The van der Waals surface area contributed by atoms with E-state index >= 15 is 0 Å². The lowest BCUT2D eigenvalue weighted by Crippen LogP contribution is -2.44. The second-order valence-corrected chi connectivity index (χ2v) is 9.80. The van der Waals surface area contributed by atoms with Crippen molar-refractivity contribution in [3.8, 4) is 0 Å². The predicted molar refractivity (Wildman–Crippen MR) is 133 cm³/mol. The molecule has 1 heterocycles. The van der Waals surface area contributed by atoms with Crippen LogP contribution in [0.4, 0.5) is 10.1 Å². The molecule has 9 heteroatoms. The van der Waals surface area contributed by atoms with Crippen molar-refractivity contribution >= 4 is 34.0 Å². The summed E-state index contributed by atoms with van der Waals surface area (Å²) in [5.74, 6) is -0.850. The Labute approximate surface area is 205 Å². The Bertz CT molecular complexity index is 1200. The minimum Gasteiger partial charge on any atom is -0.349 e. The van der Waals surface area contributed by atoms with Gasteiger partial charge in [-0.2, -0.15) is 0 Å². The second-order valence-electron chi connectivity index (χ2n) is 8.11. The van der Waals surface area contributed by atoms with Crippen LogP contribution in [0, 0.1) is 5.82 Å². The van der Waals surface area contributed by atoms with Crippen molar-refractivity contribution in [1.82, 2.24) is 10.2 Å². The molecule has 1 fully saturated rings. The zero-order chi connectivity index (χ0) is 23.3. The molecule has 0 spiro atoms. The van der Waals surface area contributed by atoms with Gasteiger partial charge in [0.05, 0.1) is 16.1 Å². The van der Waals surface area contributed by atoms with Gasteiger partial charge in [-0.1, -0.05) is 42.5 Å². The molecule has 0 bridgehead atoms. The van der Waals surface area contributed by atoms with Crippen molar-refractivity contribution in [2.45, 2.75) is 30.3 Å². The van der Waals surface area contributed by atoms with E-state index in [1.807, 2.05) is 18.2 Å². The minimum absolute atomic E-state index is 0. The first-order valence-corrected chi connectivity index (χ1v) is 12.3. The molecule has 4 rings (SSSR count). The van der Waals surface area contributed by atoms with Crippen LogP contribution in [0.25, 0.3) is 0 Å². The molecule has 6 nitrogen and oxygen atoms in total.